The average Bonchev–Trinajstić information content (AvgIpc) is 2.90. The van der Waals surface area contributed by atoms with Crippen LogP contribution in [0.2, 0.25) is 0 Å². The lowest BCUT2D eigenvalue weighted by Crippen LogP contribution is -2.51. The molecule has 0 aromatic carbocycles. The third-order valence-corrected chi connectivity index (χ3v) is 2.94. The van der Waals surface area contributed by atoms with Gasteiger partial charge >= 0.3 is 0 Å². The zero-order chi connectivity index (χ0) is 12.8. The van der Waals surface area contributed by atoms with Crippen molar-refractivity contribution in [2.24, 2.45) is 5.92 Å². The Hall–Kier alpha value is -0.820. The molecule has 0 bridgehead atoms. The van der Waals surface area contributed by atoms with Crippen molar-refractivity contribution in [3.8, 4) is 0 Å². The average molecular weight is 325 g/mol. The molecule has 8 heteroatoms. The fraction of sp³-hybridized carbons (Fsp3) is 0.667. The topological polar surface area (TPSA) is 68.2 Å². The Balaban J connectivity index is 0.00000180. The van der Waals surface area contributed by atoms with Gasteiger partial charge < -0.3 is 19.9 Å². The van der Waals surface area contributed by atoms with Crippen LogP contribution in [0.3, 0.4) is 0 Å². The van der Waals surface area contributed by atoms with Crippen molar-refractivity contribution in [2.75, 3.05) is 26.3 Å². The lowest BCUT2D eigenvalue weighted by molar-refractivity contribution is -0.126. The van der Waals surface area contributed by atoms with Crippen LogP contribution in [0, 0.1) is 5.92 Å². The first-order valence-corrected chi connectivity index (χ1v) is 6.30. The molecule has 2 unspecified atom stereocenters. The highest BCUT2D eigenvalue weighted by molar-refractivity contribution is 5.85. The van der Waals surface area contributed by atoms with Gasteiger partial charge in [-0.05, 0) is 5.92 Å². The molecule has 0 spiro atoms. The van der Waals surface area contributed by atoms with Gasteiger partial charge in [0.05, 0.1) is 19.5 Å². The largest absolute Gasteiger partial charge is 0.378 e. The molecule has 1 aliphatic rings. The van der Waals surface area contributed by atoms with Crippen molar-refractivity contribution < 1.29 is 9.53 Å². The van der Waals surface area contributed by atoms with Crippen LogP contribution in [0.5, 0.6) is 0 Å². The van der Waals surface area contributed by atoms with E-state index in [1.807, 2.05) is 10.8 Å². The molecule has 0 aliphatic carbocycles. The van der Waals surface area contributed by atoms with Crippen LogP contribution < -0.4 is 10.6 Å². The van der Waals surface area contributed by atoms with Crippen LogP contribution in [0.1, 0.15) is 6.92 Å². The smallest absolute Gasteiger partial charge is 0.239 e. The van der Waals surface area contributed by atoms with Crippen molar-refractivity contribution in [2.45, 2.75) is 19.5 Å². The molecule has 6 nitrogen and oxygen atoms in total. The first-order valence-electron chi connectivity index (χ1n) is 6.30. The van der Waals surface area contributed by atoms with Crippen LogP contribution in [-0.2, 0) is 16.1 Å². The number of aromatic nitrogens is 2. The summed E-state index contributed by atoms with van der Waals surface area (Å²) in [6.07, 6.45) is 5.47. The predicted octanol–water partition coefficient (Wildman–Crippen LogP) is 0.467. The predicted molar refractivity (Wildman–Crippen MR) is 81.5 cm³/mol. The molecule has 0 radical (unpaired) electrons. The number of amides is 1. The van der Waals surface area contributed by atoms with Gasteiger partial charge in [0.1, 0.15) is 6.04 Å². The first-order chi connectivity index (χ1) is 8.75. The molecule has 116 valence electrons. The highest BCUT2D eigenvalue weighted by atomic mass is 35.5. The molecule has 2 heterocycles. The van der Waals surface area contributed by atoms with E-state index in [1.54, 1.807) is 12.5 Å². The maximum atomic E-state index is 11.8. The SMILES string of the molecule is CC(CNC(=O)C1COCCN1)Cn1ccnc1.Cl.Cl. The maximum absolute atomic E-state index is 11.8. The molecule has 2 N–H and O–H groups in total. The van der Waals surface area contributed by atoms with E-state index >= 15 is 0 Å². The van der Waals surface area contributed by atoms with E-state index in [0.29, 0.717) is 25.7 Å². The summed E-state index contributed by atoms with van der Waals surface area (Å²) in [6.45, 7) is 5.50. The quantitative estimate of drug-likeness (QED) is 0.826. The van der Waals surface area contributed by atoms with Crippen LogP contribution in [-0.4, -0.2) is 47.8 Å². The molecular weight excluding hydrogens is 303 g/mol. The molecule has 1 aliphatic heterocycles. The monoisotopic (exact) mass is 324 g/mol. The molecule has 2 atom stereocenters. The highest BCUT2D eigenvalue weighted by Crippen LogP contribution is 1.99. The van der Waals surface area contributed by atoms with E-state index in [2.05, 4.69) is 22.5 Å². The number of morpholine rings is 1. The number of nitrogens with one attached hydrogen (secondary N) is 2. The number of nitrogens with zero attached hydrogens (tertiary/aromatic N) is 2. The van der Waals surface area contributed by atoms with Crippen LogP contribution in [0.25, 0.3) is 0 Å². The molecule has 20 heavy (non-hydrogen) atoms. The van der Waals surface area contributed by atoms with Gasteiger partial charge in [-0.25, -0.2) is 4.98 Å². The number of imidazole rings is 1. The minimum Gasteiger partial charge on any atom is -0.378 e. The number of rotatable bonds is 5. The second-order valence-corrected chi connectivity index (χ2v) is 4.69. The molecule has 1 aromatic rings. The Morgan fingerprint density at radius 1 is 1.60 bits per heavy atom. The number of carbonyl (C=O) groups excluding carboxylic acids is 1. The Labute approximate surface area is 131 Å². The summed E-state index contributed by atoms with van der Waals surface area (Å²) in [7, 11) is 0. The van der Waals surface area contributed by atoms with Crippen LogP contribution in [0.15, 0.2) is 18.7 Å². The number of halogens is 2. The minimum absolute atomic E-state index is 0. The zero-order valence-electron chi connectivity index (χ0n) is 11.4. The van der Waals surface area contributed by atoms with E-state index in [9.17, 15) is 4.79 Å². The Kier molecular flexibility index (Phi) is 9.58. The number of carbonyl (C=O) groups is 1. The van der Waals surface area contributed by atoms with Gasteiger partial charge in [-0.3, -0.25) is 4.79 Å². The van der Waals surface area contributed by atoms with E-state index in [4.69, 9.17) is 4.74 Å². The summed E-state index contributed by atoms with van der Waals surface area (Å²) in [5, 5.41) is 6.09. The normalized spacial score (nSPS) is 19.4. The summed E-state index contributed by atoms with van der Waals surface area (Å²) in [6, 6.07) is -0.209. The van der Waals surface area contributed by atoms with Crippen molar-refractivity contribution >= 4 is 30.7 Å². The van der Waals surface area contributed by atoms with Gasteiger partial charge in [0, 0.05) is 32.0 Å². The molecular formula is C12H22Cl2N4O2. The molecule has 1 saturated heterocycles. The summed E-state index contributed by atoms with van der Waals surface area (Å²) in [4.78, 5) is 15.8. The number of ether oxygens (including phenoxy) is 1. The van der Waals surface area contributed by atoms with Gasteiger partial charge in [-0.1, -0.05) is 6.92 Å². The standard InChI is InChI=1S/C12H20N4O2.2ClH/c1-10(7-16-4-2-13-9-16)6-15-12(17)11-8-18-5-3-14-11;;/h2,4,9-11,14H,3,5-8H2,1H3,(H,15,17);2*1H. The van der Waals surface area contributed by atoms with E-state index < -0.39 is 0 Å². The minimum atomic E-state index is -0.209. The molecule has 1 aromatic heterocycles. The summed E-state index contributed by atoms with van der Waals surface area (Å²) in [5.41, 5.74) is 0. The van der Waals surface area contributed by atoms with Gasteiger partial charge in [0.25, 0.3) is 0 Å². The number of hydrogen-bond acceptors (Lipinski definition) is 4. The lowest BCUT2D eigenvalue weighted by atomic mass is 10.1. The summed E-state index contributed by atoms with van der Waals surface area (Å²) in [5.74, 6) is 0.389. The Morgan fingerprint density at radius 3 is 3.00 bits per heavy atom. The van der Waals surface area contributed by atoms with Gasteiger partial charge in [0.2, 0.25) is 5.91 Å². The van der Waals surface area contributed by atoms with Crippen LogP contribution in [0.4, 0.5) is 0 Å². The van der Waals surface area contributed by atoms with Crippen molar-refractivity contribution in [1.29, 1.82) is 0 Å². The van der Waals surface area contributed by atoms with Gasteiger partial charge in [-0.2, -0.15) is 0 Å². The zero-order valence-corrected chi connectivity index (χ0v) is 13.1. The van der Waals surface area contributed by atoms with E-state index in [-0.39, 0.29) is 36.8 Å². The van der Waals surface area contributed by atoms with Crippen molar-refractivity contribution in [1.82, 2.24) is 20.2 Å². The summed E-state index contributed by atoms with van der Waals surface area (Å²) >= 11 is 0. The fourth-order valence-electron chi connectivity index (χ4n) is 1.95. The fourth-order valence-corrected chi connectivity index (χ4v) is 1.95. The lowest BCUT2D eigenvalue weighted by Gasteiger charge is -2.23. The second-order valence-electron chi connectivity index (χ2n) is 4.69. The Bertz CT molecular complexity index is 370. The molecule has 0 saturated carbocycles. The highest BCUT2D eigenvalue weighted by Gasteiger charge is 2.21. The summed E-state index contributed by atoms with van der Waals surface area (Å²) < 4.78 is 7.27. The van der Waals surface area contributed by atoms with Crippen molar-refractivity contribution in [3.63, 3.8) is 0 Å². The number of hydrogen-bond donors (Lipinski definition) is 2. The Morgan fingerprint density at radius 2 is 2.40 bits per heavy atom. The van der Waals surface area contributed by atoms with Gasteiger partial charge in [0.15, 0.2) is 0 Å². The van der Waals surface area contributed by atoms with Crippen molar-refractivity contribution in [3.05, 3.63) is 18.7 Å². The van der Waals surface area contributed by atoms with Crippen LogP contribution >= 0.6 is 24.8 Å². The van der Waals surface area contributed by atoms with E-state index in [0.717, 1.165) is 13.1 Å². The molecule has 2 rings (SSSR count). The first kappa shape index (κ1) is 19.2. The molecule has 1 amide bonds. The third-order valence-electron chi connectivity index (χ3n) is 2.94. The molecule has 1 fully saturated rings. The second kappa shape index (κ2) is 9.99. The maximum Gasteiger partial charge on any atom is 0.239 e. The third kappa shape index (κ3) is 6.09. The van der Waals surface area contributed by atoms with E-state index in [1.165, 1.54) is 0 Å². The van der Waals surface area contributed by atoms with Gasteiger partial charge in [-0.15, -0.1) is 24.8 Å².